The Hall–Kier alpha value is -3.29. The Bertz CT molecular complexity index is 1220. The van der Waals surface area contributed by atoms with Gasteiger partial charge in [-0.25, -0.2) is 17.9 Å². The number of nitriles is 1. The zero-order valence-electron chi connectivity index (χ0n) is 18.6. The number of hydrogen-bond donors (Lipinski definition) is 1. The minimum absolute atomic E-state index is 0.155. The lowest BCUT2D eigenvalue weighted by Gasteiger charge is -2.23. The molecular weight excluding hydrogens is 431 g/mol. The normalized spacial score (nSPS) is 17.9. The number of nitrogen functional groups attached to an aromatic ring is 1. The van der Waals surface area contributed by atoms with Gasteiger partial charge >= 0.3 is 0 Å². The molecule has 2 N–H and O–H groups in total. The van der Waals surface area contributed by atoms with Gasteiger partial charge in [-0.05, 0) is 31.2 Å². The lowest BCUT2D eigenvalue weighted by Crippen LogP contribution is -2.23. The molecule has 1 aromatic carbocycles. The molecule has 2 unspecified atom stereocenters. The molecule has 0 aliphatic carbocycles. The lowest BCUT2D eigenvalue weighted by molar-refractivity contribution is 0.224. The van der Waals surface area contributed by atoms with Crippen LogP contribution < -0.4 is 10.5 Å². The molecule has 0 amide bonds. The third kappa shape index (κ3) is 4.22. The summed E-state index contributed by atoms with van der Waals surface area (Å²) in [6, 6.07) is 7.91. The van der Waals surface area contributed by atoms with E-state index in [2.05, 4.69) is 16.2 Å². The number of hydrogen-bond acceptors (Lipinski definition) is 6. The van der Waals surface area contributed by atoms with Crippen molar-refractivity contribution < 1.29 is 13.3 Å². The quantitative estimate of drug-likeness (QED) is 0.552. The first-order valence-corrected chi connectivity index (χ1v) is 11.2. The summed E-state index contributed by atoms with van der Waals surface area (Å²) in [5, 5.41) is 14.1. The van der Waals surface area contributed by atoms with E-state index in [1.807, 2.05) is 13.8 Å². The van der Waals surface area contributed by atoms with Crippen LogP contribution in [0, 0.1) is 17.1 Å². The van der Waals surface area contributed by atoms with Crippen LogP contribution in [-0.2, 0) is 24.6 Å². The average molecular weight is 457 g/mol. The lowest BCUT2D eigenvalue weighted by atomic mass is 10.0. The van der Waals surface area contributed by atoms with E-state index in [1.54, 1.807) is 37.6 Å². The van der Waals surface area contributed by atoms with Crippen LogP contribution in [0.1, 0.15) is 43.8 Å². The van der Waals surface area contributed by atoms with Crippen LogP contribution in [0.25, 0.3) is 11.1 Å². The number of nitrogens with two attached hydrogens (primary N) is 1. The topological polar surface area (TPSA) is 110 Å². The Morgan fingerprint density at radius 1 is 1.31 bits per heavy atom. The number of aromatic nitrogens is 3. The molecular formula is C22H25FN6O2S. The number of benzene rings is 1. The average Bonchev–Trinajstić information content (AvgIpc) is 3.10. The molecule has 0 fully saturated rings. The smallest absolute Gasteiger partial charge is 0.166 e. The molecule has 2 aromatic heterocycles. The Kier molecular flexibility index (Phi) is 6.91. The molecule has 10 heteroatoms. The fourth-order valence-electron chi connectivity index (χ4n) is 3.50. The first kappa shape index (κ1) is 23.4. The molecule has 0 saturated heterocycles. The van der Waals surface area contributed by atoms with Crippen molar-refractivity contribution in [2.75, 3.05) is 12.8 Å². The van der Waals surface area contributed by atoms with E-state index >= 15 is 0 Å². The molecule has 4 rings (SSSR count). The summed E-state index contributed by atoms with van der Waals surface area (Å²) in [7, 11) is 1.73. The maximum Gasteiger partial charge on any atom is 0.166 e. The zero-order valence-corrected chi connectivity index (χ0v) is 19.4. The fourth-order valence-corrected chi connectivity index (χ4v) is 4.68. The van der Waals surface area contributed by atoms with E-state index in [0.717, 1.165) is 0 Å². The van der Waals surface area contributed by atoms with Crippen molar-refractivity contribution in [1.82, 2.24) is 19.1 Å². The SMILES string of the molecule is CC.CC1Oc2cc(cnc2N)-c2c(nn(C)c2C#N)CN(C)S(=O)c2ccc(F)cc21. The van der Waals surface area contributed by atoms with Gasteiger partial charge in [-0.1, -0.05) is 13.8 Å². The highest BCUT2D eigenvalue weighted by molar-refractivity contribution is 7.82. The third-order valence-corrected chi connectivity index (χ3v) is 6.40. The number of ether oxygens (including phenoxy) is 1. The minimum atomic E-state index is -1.62. The maximum absolute atomic E-state index is 14.0. The van der Waals surface area contributed by atoms with Gasteiger partial charge < -0.3 is 10.5 Å². The van der Waals surface area contributed by atoms with Crippen LogP contribution in [0.2, 0.25) is 0 Å². The first-order valence-electron chi connectivity index (χ1n) is 10.1. The molecule has 2 bridgehead atoms. The number of halogens is 1. The molecule has 0 radical (unpaired) electrons. The van der Waals surface area contributed by atoms with Crippen LogP contribution in [-0.4, -0.2) is 30.3 Å². The van der Waals surface area contributed by atoms with Crippen molar-refractivity contribution in [3.63, 3.8) is 0 Å². The van der Waals surface area contributed by atoms with Crippen LogP contribution in [0.15, 0.2) is 35.4 Å². The predicted octanol–water partition coefficient (Wildman–Crippen LogP) is 3.71. The molecule has 168 valence electrons. The second-order valence-electron chi connectivity index (χ2n) is 6.99. The van der Waals surface area contributed by atoms with Gasteiger partial charge in [-0.15, -0.1) is 0 Å². The summed E-state index contributed by atoms with van der Waals surface area (Å²) in [6.45, 7) is 5.92. The van der Waals surface area contributed by atoms with E-state index < -0.39 is 22.9 Å². The first-order chi connectivity index (χ1) is 15.3. The van der Waals surface area contributed by atoms with Crippen molar-refractivity contribution >= 4 is 16.8 Å². The Morgan fingerprint density at radius 2 is 2.03 bits per heavy atom. The summed E-state index contributed by atoms with van der Waals surface area (Å²) in [5.74, 6) is -0.0158. The van der Waals surface area contributed by atoms with Gasteiger partial charge in [0.2, 0.25) is 0 Å². The van der Waals surface area contributed by atoms with E-state index in [0.29, 0.717) is 33.0 Å². The van der Waals surface area contributed by atoms with Gasteiger partial charge in [-0.2, -0.15) is 10.4 Å². The second kappa shape index (κ2) is 9.46. The summed E-state index contributed by atoms with van der Waals surface area (Å²) >= 11 is 0. The highest BCUT2D eigenvalue weighted by atomic mass is 32.2. The number of anilines is 1. The number of fused-ring (bicyclic) bond motifs is 5. The summed E-state index contributed by atoms with van der Waals surface area (Å²) in [6.07, 6.45) is 0.903. The van der Waals surface area contributed by atoms with Gasteiger partial charge in [0.1, 0.15) is 34.7 Å². The van der Waals surface area contributed by atoms with Crippen molar-refractivity contribution in [2.24, 2.45) is 7.05 Å². The molecule has 0 spiro atoms. The van der Waals surface area contributed by atoms with Crippen molar-refractivity contribution in [3.8, 4) is 22.9 Å². The van der Waals surface area contributed by atoms with Crippen LogP contribution in [0.5, 0.6) is 5.75 Å². The molecule has 1 aliphatic rings. The molecule has 8 nitrogen and oxygen atoms in total. The molecule has 0 saturated carbocycles. The zero-order chi connectivity index (χ0) is 23.6. The number of rotatable bonds is 0. The largest absolute Gasteiger partial charge is 0.482 e. The Balaban J connectivity index is 0.00000141. The standard InChI is InChI=1S/C20H19FN6O2S.C2H6/c1-11-14-7-13(21)4-5-18(14)30(28)26(2)10-15-19(16(8-22)27(3)25-15)12-6-17(29-11)20(23)24-9-12;1-2/h4-7,9,11H,10H2,1-3H3,(H2,23,24);1-2H3. The number of nitrogens with zero attached hydrogens (tertiary/aromatic N) is 5. The second-order valence-corrected chi connectivity index (χ2v) is 8.55. The summed E-state index contributed by atoms with van der Waals surface area (Å²) in [4.78, 5) is 4.64. The van der Waals surface area contributed by atoms with Crippen LogP contribution in [0.3, 0.4) is 0 Å². The van der Waals surface area contributed by atoms with Gasteiger partial charge in [0.05, 0.1) is 17.1 Å². The minimum Gasteiger partial charge on any atom is -0.482 e. The van der Waals surface area contributed by atoms with Crippen molar-refractivity contribution in [3.05, 3.63) is 53.2 Å². The van der Waals surface area contributed by atoms with Gasteiger partial charge in [0.25, 0.3) is 0 Å². The maximum atomic E-state index is 14.0. The van der Waals surface area contributed by atoms with E-state index in [9.17, 15) is 13.9 Å². The fraction of sp³-hybridized carbons (Fsp3) is 0.318. The van der Waals surface area contributed by atoms with Crippen molar-refractivity contribution in [1.29, 1.82) is 5.26 Å². The highest BCUT2D eigenvalue weighted by Gasteiger charge is 2.26. The van der Waals surface area contributed by atoms with Gasteiger partial charge in [0.15, 0.2) is 11.6 Å². The molecule has 1 aliphatic heterocycles. The summed E-state index contributed by atoms with van der Waals surface area (Å²) in [5.41, 5.74) is 8.53. The summed E-state index contributed by atoms with van der Waals surface area (Å²) < 4.78 is 36.3. The Morgan fingerprint density at radius 3 is 2.72 bits per heavy atom. The molecule has 2 atom stereocenters. The van der Waals surface area contributed by atoms with Gasteiger partial charge in [0, 0.05) is 37.0 Å². The van der Waals surface area contributed by atoms with Gasteiger partial charge in [-0.3, -0.25) is 4.68 Å². The monoisotopic (exact) mass is 456 g/mol. The number of pyridine rings is 1. The molecule has 3 heterocycles. The van der Waals surface area contributed by atoms with Crippen LogP contribution in [0.4, 0.5) is 10.2 Å². The van der Waals surface area contributed by atoms with Crippen LogP contribution >= 0.6 is 0 Å². The van der Waals surface area contributed by atoms with E-state index in [-0.39, 0.29) is 18.1 Å². The van der Waals surface area contributed by atoms with Crippen molar-refractivity contribution in [2.45, 2.75) is 38.3 Å². The molecule has 32 heavy (non-hydrogen) atoms. The van der Waals surface area contributed by atoms with E-state index in [1.165, 1.54) is 22.9 Å². The number of aryl methyl sites for hydroxylation is 1. The third-order valence-electron chi connectivity index (χ3n) is 4.95. The van der Waals surface area contributed by atoms with E-state index in [4.69, 9.17) is 10.5 Å². The molecule has 3 aromatic rings. The predicted molar refractivity (Wildman–Crippen MR) is 120 cm³/mol. The Labute approximate surface area is 189 Å². The highest BCUT2D eigenvalue weighted by Crippen LogP contribution is 2.36.